The van der Waals surface area contributed by atoms with E-state index in [4.69, 9.17) is 9.84 Å². The summed E-state index contributed by atoms with van der Waals surface area (Å²) in [7, 11) is 0. The number of hydrogen-bond donors (Lipinski definition) is 2. The van der Waals surface area contributed by atoms with Crippen LogP contribution in [0, 0.1) is 0 Å². The van der Waals surface area contributed by atoms with E-state index in [1.54, 1.807) is 24.5 Å². The lowest BCUT2D eigenvalue weighted by molar-refractivity contribution is 0.216. The standard InChI is InChI=1S/C25H21BrN2O4/c26-17-4-5-22-19(10-17)25(31)21-12-18(32-8-2-7-29)11-20-23(21)28(22)14-16(24(20)30)9-15-3-1-6-27-13-15/h1,3-6,10-14,25,29,31H,2,7-9H2. The minimum atomic E-state index is -0.894. The van der Waals surface area contributed by atoms with Crippen LogP contribution in [0.3, 0.4) is 0 Å². The van der Waals surface area contributed by atoms with Crippen molar-refractivity contribution in [1.29, 1.82) is 0 Å². The van der Waals surface area contributed by atoms with Gasteiger partial charge < -0.3 is 19.5 Å². The van der Waals surface area contributed by atoms with Crippen LogP contribution in [0.25, 0.3) is 16.6 Å². The number of rotatable bonds is 6. The molecule has 1 aliphatic rings. The number of hydrogen-bond acceptors (Lipinski definition) is 5. The minimum Gasteiger partial charge on any atom is -0.493 e. The molecule has 162 valence electrons. The Bertz CT molecular complexity index is 1370. The molecule has 5 rings (SSSR count). The second-order valence-corrected chi connectivity index (χ2v) is 8.75. The summed E-state index contributed by atoms with van der Waals surface area (Å²) in [5, 5.41) is 20.8. The molecule has 0 amide bonds. The third-order valence-corrected chi connectivity index (χ3v) is 6.20. The summed E-state index contributed by atoms with van der Waals surface area (Å²) < 4.78 is 8.65. The van der Waals surface area contributed by atoms with E-state index < -0.39 is 6.10 Å². The van der Waals surface area contributed by atoms with Crippen molar-refractivity contribution in [2.75, 3.05) is 13.2 Å². The summed E-state index contributed by atoms with van der Waals surface area (Å²) in [6.07, 6.45) is 5.37. The second kappa shape index (κ2) is 8.50. The van der Waals surface area contributed by atoms with Crippen LogP contribution in [-0.4, -0.2) is 33.0 Å². The summed E-state index contributed by atoms with van der Waals surface area (Å²) >= 11 is 3.50. The first-order valence-electron chi connectivity index (χ1n) is 10.4. The molecule has 6 nitrogen and oxygen atoms in total. The van der Waals surface area contributed by atoms with Crippen molar-refractivity contribution in [3.8, 4) is 11.4 Å². The fraction of sp³-hybridized carbons (Fsp3) is 0.200. The molecule has 2 aromatic carbocycles. The average molecular weight is 493 g/mol. The normalized spacial score (nSPS) is 14.4. The number of aliphatic hydroxyl groups is 2. The van der Waals surface area contributed by atoms with E-state index in [0.29, 0.717) is 47.2 Å². The van der Waals surface area contributed by atoms with Crippen LogP contribution in [0.1, 0.15) is 34.8 Å². The average Bonchev–Trinajstić information content (AvgIpc) is 2.80. The highest BCUT2D eigenvalue weighted by molar-refractivity contribution is 9.10. The topological polar surface area (TPSA) is 84.6 Å². The van der Waals surface area contributed by atoms with Crippen LogP contribution >= 0.6 is 15.9 Å². The molecule has 1 unspecified atom stereocenters. The quantitative estimate of drug-likeness (QED) is 0.398. The van der Waals surface area contributed by atoms with E-state index in [1.165, 1.54) is 0 Å². The molecule has 7 heteroatoms. The minimum absolute atomic E-state index is 0.0204. The van der Waals surface area contributed by atoms with Crippen LogP contribution in [0.2, 0.25) is 0 Å². The molecule has 0 saturated carbocycles. The summed E-state index contributed by atoms with van der Waals surface area (Å²) in [5.41, 5.74) is 4.37. The molecule has 0 saturated heterocycles. The van der Waals surface area contributed by atoms with E-state index in [9.17, 15) is 9.90 Å². The maximum atomic E-state index is 13.5. The van der Waals surface area contributed by atoms with Crippen molar-refractivity contribution in [1.82, 2.24) is 9.55 Å². The fourth-order valence-electron chi connectivity index (χ4n) is 4.24. The summed E-state index contributed by atoms with van der Waals surface area (Å²) in [4.78, 5) is 17.7. The number of aromatic nitrogens is 2. The van der Waals surface area contributed by atoms with Gasteiger partial charge >= 0.3 is 0 Å². The summed E-state index contributed by atoms with van der Waals surface area (Å²) in [5.74, 6) is 0.501. The number of nitrogens with zero attached hydrogens (tertiary/aromatic N) is 2. The highest BCUT2D eigenvalue weighted by atomic mass is 79.9. The van der Waals surface area contributed by atoms with Gasteiger partial charge in [-0.05, 0) is 42.0 Å². The SMILES string of the molecule is O=c1c(Cc2cccnc2)cn2c3c(cc(OCCCO)cc13)C(O)c1cc(Br)ccc1-2. The van der Waals surface area contributed by atoms with Gasteiger partial charge in [0.2, 0.25) is 0 Å². The highest BCUT2D eigenvalue weighted by Gasteiger charge is 2.28. The highest BCUT2D eigenvalue weighted by Crippen LogP contribution is 2.41. The van der Waals surface area contributed by atoms with Gasteiger partial charge in [-0.25, -0.2) is 0 Å². The molecular formula is C25H21BrN2O4. The lowest BCUT2D eigenvalue weighted by Crippen LogP contribution is -2.21. The van der Waals surface area contributed by atoms with Crippen LogP contribution in [0.5, 0.6) is 5.75 Å². The predicted octanol–water partition coefficient (Wildman–Crippen LogP) is 3.90. The second-order valence-electron chi connectivity index (χ2n) is 7.83. The van der Waals surface area contributed by atoms with Gasteiger partial charge in [-0.2, -0.15) is 0 Å². The van der Waals surface area contributed by atoms with Crippen LogP contribution < -0.4 is 10.2 Å². The first kappa shape index (κ1) is 20.9. The number of pyridine rings is 2. The maximum Gasteiger partial charge on any atom is 0.193 e. The Balaban J connectivity index is 1.76. The van der Waals surface area contributed by atoms with E-state index >= 15 is 0 Å². The molecule has 0 fully saturated rings. The Morgan fingerprint density at radius 2 is 2.03 bits per heavy atom. The van der Waals surface area contributed by atoms with Crippen molar-refractivity contribution in [3.05, 3.63) is 98.0 Å². The van der Waals surface area contributed by atoms with E-state index in [1.807, 2.05) is 41.1 Å². The molecule has 4 aromatic rings. The summed E-state index contributed by atoms with van der Waals surface area (Å²) in [6.45, 7) is 0.343. The van der Waals surface area contributed by atoms with Gasteiger partial charge in [0, 0.05) is 59.2 Å². The van der Waals surface area contributed by atoms with Crippen molar-refractivity contribution < 1.29 is 14.9 Å². The number of aliphatic hydroxyl groups excluding tert-OH is 2. The number of ether oxygens (including phenoxy) is 1. The third-order valence-electron chi connectivity index (χ3n) is 5.70. The Kier molecular flexibility index (Phi) is 5.55. The number of benzene rings is 2. The first-order chi connectivity index (χ1) is 15.6. The lowest BCUT2D eigenvalue weighted by atomic mass is 9.92. The molecule has 0 spiro atoms. The van der Waals surface area contributed by atoms with Gasteiger partial charge in [-0.1, -0.05) is 22.0 Å². The largest absolute Gasteiger partial charge is 0.493 e. The van der Waals surface area contributed by atoms with Gasteiger partial charge in [-0.3, -0.25) is 9.78 Å². The lowest BCUT2D eigenvalue weighted by Gasteiger charge is -2.28. The predicted molar refractivity (Wildman–Crippen MR) is 126 cm³/mol. The zero-order valence-electron chi connectivity index (χ0n) is 17.2. The third kappa shape index (κ3) is 3.62. The van der Waals surface area contributed by atoms with Crippen LogP contribution in [-0.2, 0) is 6.42 Å². The molecule has 0 bridgehead atoms. The van der Waals surface area contributed by atoms with Gasteiger partial charge in [0.15, 0.2) is 5.43 Å². The van der Waals surface area contributed by atoms with Crippen LogP contribution in [0.15, 0.2) is 70.3 Å². The number of fused-ring (bicyclic) bond motifs is 2. The van der Waals surface area contributed by atoms with Gasteiger partial charge in [0.1, 0.15) is 11.9 Å². The van der Waals surface area contributed by atoms with Crippen molar-refractivity contribution in [2.45, 2.75) is 18.9 Å². The molecule has 2 N–H and O–H groups in total. The number of halogens is 1. The molecule has 3 heterocycles. The molecule has 0 aliphatic carbocycles. The molecule has 1 atom stereocenters. The van der Waals surface area contributed by atoms with Crippen molar-refractivity contribution >= 4 is 26.8 Å². The fourth-order valence-corrected chi connectivity index (χ4v) is 4.62. The van der Waals surface area contributed by atoms with Crippen molar-refractivity contribution in [3.63, 3.8) is 0 Å². The first-order valence-corrected chi connectivity index (χ1v) is 11.2. The molecule has 32 heavy (non-hydrogen) atoms. The van der Waals surface area contributed by atoms with Gasteiger partial charge in [0.25, 0.3) is 0 Å². The van der Waals surface area contributed by atoms with Crippen LogP contribution in [0.4, 0.5) is 0 Å². The monoisotopic (exact) mass is 492 g/mol. The Hall–Kier alpha value is -3.00. The molecular weight excluding hydrogens is 472 g/mol. The zero-order valence-corrected chi connectivity index (χ0v) is 18.7. The van der Waals surface area contributed by atoms with Crippen molar-refractivity contribution in [2.24, 2.45) is 0 Å². The van der Waals surface area contributed by atoms with E-state index in [0.717, 1.165) is 21.3 Å². The smallest absolute Gasteiger partial charge is 0.193 e. The zero-order chi connectivity index (χ0) is 22.2. The van der Waals surface area contributed by atoms with Gasteiger partial charge in [0.05, 0.1) is 23.2 Å². The summed E-state index contributed by atoms with van der Waals surface area (Å²) in [6, 6.07) is 13.1. The maximum absolute atomic E-state index is 13.5. The van der Waals surface area contributed by atoms with Gasteiger partial charge in [-0.15, -0.1) is 0 Å². The Labute approximate surface area is 192 Å². The Morgan fingerprint density at radius 1 is 1.16 bits per heavy atom. The molecule has 0 radical (unpaired) electrons. The molecule has 1 aliphatic heterocycles. The van der Waals surface area contributed by atoms with E-state index in [-0.39, 0.29) is 12.0 Å². The molecule has 2 aromatic heterocycles. The van der Waals surface area contributed by atoms with E-state index in [2.05, 4.69) is 20.9 Å². The Morgan fingerprint density at radius 3 is 2.81 bits per heavy atom.